The van der Waals surface area contributed by atoms with Crippen LogP contribution in [0, 0.1) is 29.6 Å². The lowest BCUT2D eigenvalue weighted by Gasteiger charge is -2.47. The number of cyclic esters (lactones) is 1. The number of likely N-dealkylation sites (tertiary alicyclic amines) is 2. The summed E-state index contributed by atoms with van der Waals surface area (Å²) in [5.41, 5.74) is 0.954. The van der Waals surface area contributed by atoms with Crippen LogP contribution in [0.2, 0.25) is 0 Å². The first-order valence-corrected chi connectivity index (χ1v) is 20.7. The zero-order valence-corrected chi connectivity index (χ0v) is 34.1. The van der Waals surface area contributed by atoms with Crippen molar-refractivity contribution < 1.29 is 39.1 Å². The van der Waals surface area contributed by atoms with Crippen molar-refractivity contribution in [1.29, 1.82) is 0 Å². The maximum atomic E-state index is 13.8. The van der Waals surface area contributed by atoms with Crippen LogP contribution in [0.25, 0.3) is 0 Å². The van der Waals surface area contributed by atoms with Crippen molar-refractivity contribution in [2.24, 2.45) is 29.6 Å². The predicted molar refractivity (Wildman–Crippen MR) is 207 cm³/mol. The molecule has 0 amide bonds. The van der Waals surface area contributed by atoms with E-state index in [-0.39, 0.29) is 36.1 Å². The Balaban J connectivity index is 1.69. The molecule has 304 valence electrons. The van der Waals surface area contributed by atoms with Crippen molar-refractivity contribution in [3.8, 4) is 0 Å². The van der Waals surface area contributed by atoms with Gasteiger partial charge in [-0.2, -0.15) is 0 Å². The number of allylic oxidation sites excluding steroid dienone is 3. The fourth-order valence-electron chi connectivity index (χ4n) is 9.14. The van der Waals surface area contributed by atoms with Crippen molar-refractivity contribution in [3.63, 3.8) is 0 Å². The van der Waals surface area contributed by atoms with Crippen molar-refractivity contribution in [3.05, 3.63) is 23.8 Å². The second kappa shape index (κ2) is 21.0. The summed E-state index contributed by atoms with van der Waals surface area (Å²) in [5, 5.41) is 34.3. The third kappa shape index (κ3) is 12.7. The average molecular weight is 748 g/mol. The van der Waals surface area contributed by atoms with Gasteiger partial charge in [0.25, 0.3) is 0 Å². The highest BCUT2D eigenvalue weighted by Gasteiger charge is 2.47. The number of nitrogens with zero attached hydrogens (tertiary/aromatic N) is 3. The van der Waals surface area contributed by atoms with Gasteiger partial charge in [0.2, 0.25) is 0 Å². The molecule has 0 saturated carbocycles. The summed E-state index contributed by atoms with van der Waals surface area (Å²) in [7, 11) is 3.61. The highest BCUT2D eigenvalue weighted by molar-refractivity contribution is 5.91. The first kappa shape index (κ1) is 44.0. The molecule has 0 aromatic carbocycles. The van der Waals surface area contributed by atoms with E-state index in [9.17, 15) is 24.9 Å². The molecule has 4 rings (SSSR count). The number of aliphatic hydroxyl groups is 3. The lowest BCUT2D eigenvalue weighted by Crippen LogP contribution is -2.63. The lowest BCUT2D eigenvalue weighted by molar-refractivity contribution is -0.304. The Hall–Kier alpha value is -1.70. The number of likely N-dealkylation sites (N-methyl/N-ethyl adjacent to an activating group) is 1. The summed E-state index contributed by atoms with van der Waals surface area (Å²) in [6.07, 6.45) is 7.27. The SMILES string of the molecule is CCC1OC(=O)CC(O)C(C)C(OC2OC(C)C(O)C(N(C)C)C2O)C(CCN2CCCC(C)C2)CC(C)C(=O)/C=C/C(C)=C/C1CN1CCCCC1. The van der Waals surface area contributed by atoms with Gasteiger partial charge in [0.05, 0.1) is 36.9 Å². The zero-order chi connectivity index (χ0) is 38.8. The topological polar surface area (TPSA) is 132 Å². The highest BCUT2D eigenvalue weighted by Crippen LogP contribution is 2.35. The monoisotopic (exact) mass is 748 g/mol. The third-order valence-electron chi connectivity index (χ3n) is 12.4. The number of rotatable bonds is 9. The van der Waals surface area contributed by atoms with E-state index in [1.54, 1.807) is 32.0 Å². The van der Waals surface area contributed by atoms with E-state index < -0.39 is 54.7 Å². The van der Waals surface area contributed by atoms with Crippen molar-refractivity contribution in [2.75, 3.05) is 53.4 Å². The van der Waals surface area contributed by atoms with E-state index in [0.717, 1.165) is 64.1 Å². The van der Waals surface area contributed by atoms with Crippen LogP contribution in [0.15, 0.2) is 23.8 Å². The number of piperidine rings is 2. The molecule has 11 heteroatoms. The largest absolute Gasteiger partial charge is 0.462 e. The summed E-state index contributed by atoms with van der Waals surface area (Å²) in [4.78, 5) is 34.2. The van der Waals surface area contributed by atoms with E-state index in [2.05, 4.69) is 22.8 Å². The molecule has 0 spiro atoms. The summed E-state index contributed by atoms with van der Waals surface area (Å²) < 4.78 is 19.1. The van der Waals surface area contributed by atoms with Gasteiger partial charge in [0.15, 0.2) is 12.1 Å². The molecule has 0 aromatic rings. The van der Waals surface area contributed by atoms with Gasteiger partial charge in [-0.25, -0.2) is 0 Å². The van der Waals surface area contributed by atoms with E-state index in [1.807, 2.05) is 33.8 Å². The first-order valence-electron chi connectivity index (χ1n) is 20.7. The van der Waals surface area contributed by atoms with Gasteiger partial charge >= 0.3 is 5.97 Å². The molecule has 53 heavy (non-hydrogen) atoms. The fourth-order valence-corrected chi connectivity index (χ4v) is 9.14. The summed E-state index contributed by atoms with van der Waals surface area (Å²) in [6, 6.07) is -0.635. The number of ether oxygens (including phenoxy) is 3. The number of aliphatic hydroxyl groups excluding tert-OH is 3. The second-order valence-corrected chi connectivity index (χ2v) is 17.2. The number of hydrogen-bond donors (Lipinski definition) is 3. The van der Waals surface area contributed by atoms with Crippen molar-refractivity contribution >= 4 is 11.8 Å². The number of carbonyl (C=O) groups excluding carboxylic acids is 2. The Bertz CT molecular complexity index is 1210. The van der Waals surface area contributed by atoms with Gasteiger partial charge in [-0.15, -0.1) is 0 Å². The molecule has 11 nitrogen and oxygen atoms in total. The standard InChI is InChI=1S/C42H73N3O8/c1-9-36-33(26-44-18-11-10-12-19-44)22-27(2)15-16-34(46)29(4)23-32(17-21-45-20-13-14-28(3)25-45)41(30(5)35(47)24-37(48)52-36)53-42-40(50)38(43(7)8)39(49)31(6)51-42/h15-16,22,28-33,35-36,38-42,47,49-50H,9-14,17-21,23-26H2,1-8H3/b16-15+,27-22+. The number of carbonyl (C=O) groups is 2. The number of ketones is 1. The van der Waals surface area contributed by atoms with Crippen LogP contribution in [0.4, 0.5) is 0 Å². The average Bonchev–Trinajstić information content (AvgIpc) is 3.11. The maximum Gasteiger partial charge on any atom is 0.308 e. The normalized spacial score (nSPS) is 41.1. The van der Waals surface area contributed by atoms with E-state index in [4.69, 9.17) is 14.2 Å². The minimum Gasteiger partial charge on any atom is -0.462 e. The number of esters is 1. The van der Waals surface area contributed by atoms with Gasteiger partial charge in [0, 0.05) is 30.8 Å². The van der Waals surface area contributed by atoms with Crippen LogP contribution < -0.4 is 0 Å². The van der Waals surface area contributed by atoms with E-state index in [0.29, 0.717) is 25.2 Å². The molecule has 0 aromatic heterocycles. The van der Waals surface area contributed by atoms with Gasteiger partial charge in [0.1, 0.15) is 12.2 Å². The summed E-state index contributed by atoms with van der Waals surface area (Å²) in [5.74, 6) is -0.997. The van der Waals surface area contributed by atoms with Crippen LogP contribution in [0.3, 0.4) is 0 Å². The molecule has 3 fully saturated rings. The van der Waals surface area contributed by atoms with Crippen LogP contribution in [0.5, 0.6) is 0 Å². The molecule has 4 aliphatic rings. The minimum absolute atomic E-state index is 0.0257. The third-order valence-corrected chi connectivity index (χ3v) is 12.4. The second-order valence-electron chi connectivity index (χ2n) is 17.2. The molecule has 3 N–H and O–H groups in total. The molecule has 13 unspecified atom stereocenters. The maximum absolute atomic E-state index is 13.8. The Labute approximate surface area is 320 Å². The smallest absolute Gasteiger partial charge is 0.308 e. The van der Waals surface area contributed by atoms with Crippen LogP contribution in [-0.4, -0.2) is 144 Å². The molecule has 13 atom stereocenters. The molecule has 3 saturated heterocycles. The summed E-state index contributed by atoms with van der Waals surface area (Å²) in [6.45, 7) is 17.5. The van der Waals surface area contributed by atoms with E-state index in [1.165, 1.54) is 12.8 Å². The number of hydrogen-bond acceptors (Lipinski definition) is 11. The zero-order valence-electron chi connectivity index (χ0n) is 34.1. The fraction of sp³-hybridized carbons (Fsp3) is 0.857. The predicted octanol–water partition coefficient (Wildman–Crippen LogP) is 4.43. The molecule has 0 bridgehead atoms. The van der Waals surface area contributed by atoms with Crippen LogP contribution >= 0.6 is 0 Å². The molecule has 4 aliphatic heterocycles. The quantitative estimate of drug-likeness (QED) is 0.290. The molecule has 0 radical (unpaired) electrons. The molecule has 4 heterocycles. The van der Waals surface area contributed by atoms with Crippen LogP contribution in [0.1, 0.15) is 99.3 Å². The van der Waals surface area contributed by atoms with Gasteiger partial charge in [-0.1, -0.05) is 51.8 Å². The van der Waals surface area contributed by atoms with Gasteiger partial charge in [-0.3, -0.25) is 9.59 Å². The lowest BCUT2D eigenvalue weighted by atomic mass is 9.79. The van der Waals surface area contributed by atoms with Gasteiger partial charge < -0.3 is 44.2 Å². The minimum atomic E-state index is -1.17. The Morgan fingerprint density at radius 2 is 1.64 bits per heavy atom. The van der Waals surface area contributed by atoms with Crippen LogP contribution in [-0.2, 0) is 23.8 Å². The van der Waals surface area contributed by atoms with Crippen molar-refractivity contribution in [2.45, 2.75) is 148 Å². The Morgan fingerprint density at radius 1 is 0.943 bits per heavy atom. The summed E-state index contributed by atoms with van der Waals surface area (Å²) >= 11 is 0. The molecular formula is C42H73N3O8. The molecule has 0 aliphatic carbocycles. The first-order chi connectivity index (χ1) is 25.2. The Kier molecular flexibility index (Phi) is 17.4. The Morgan fingerprint density at radius 3 is 2.30 bits per heavy atom. The van der Waals surface area contributed by atoms with Gasteiger partial charge in [-0.05, 0) is 117 Å². The van der Waals surface area contributed by atoms with Crippen molar-refractivity contribution in [1.82, 2.24) is 14.7 Å². The van der Waals surface area contributed by atoms with E-state index >= 15 is 0 Å². The molecular weight excluding hydrogens is 674 g/mol. The highest BCUT2D eigenvalue weighted by atomic mass is 16.7.